The second-order valence-electron chi connectivity index (χ2n) is 2.12. The number of nitrogen functional groups attached to an aromatic ring is 1. The summed E-state index contributed by atoms with van der Waals surface area (Å²) in [4.78, 5) is 0.393. The Morgan fingerprint density at radius 3 is 2.17 bits per heavy atom. The number of thioether (sulfide) groups is 1. The molecule has 0 amide bonds. The summed E-state index contributed by atoms with van der Waals surface area (Å²) in [6.45, 7) is 0. The van der Waals surface area contributed by atoms with E-state index in [1.54, 1.807) is 12.1 Å². The van der Waals surface area contributed by atoms with Crippen LogP contribution >= 0.6 is 23.4 Å². The lowest BCUT2D eigenvalue weighted by atomic mass is 10.3. The van der Waals surface area contributed by atoms with Crippen LogP contribution in [0.5, 0.6) is 0 Å². The van der Waals surface area contributed by atoms with Crippen molar-refractivity contribution in [2.24, 2.45) is 0 Å². The van der Waals surface area contributed by atoms with Gasteiger partial charge in [0.2, 0.25) is 0 Å². The third-order valence-electron chi connectivity index (χ3n) is 1.11. The fourth-order valence-electron chi connectivity index (χ4n) is 0.669. The Hall–Kier alpha value is -0.480. The lowest BCUT2D eigenvalue weighted by Crippen LogP contribution is -1.96. The third-order valence-corrected chi connectivity index (χ3v) is 2.08. The van der Waals surface area contributed by atoms with E-state index in [4.69, 9.17) is 17.3 Å². The fourth-order valence-corrected chi connectivity index (χ4v) is 1.48. The highest BCUT2D eigenvalue weighted by Gasteiger charge is 2.25. The predicted molar refractivity (Wildman–Crippen MR) is 47.5 cm³/mol. The molecule has 0 saturated carbocycles. The molecule has 0 atom stereocenters. The van der Waals surface area contributed by atoms with Crippen molar-refractivity contribution in [3.63, 3.8) is 0 Å². The van der Waals surface area contributed by atoms with E-state index in [1.807, 2.05) is 0 Å². The van der Waals surface area contributed by atoms with Gasteiger partial charge in [0, 0.05) is 10.6 Å². The molecule has 5 heteroatoms. The van der Waals surface area contributed by atoms with Gasteiger partial charge >= 0.3 is 4.71 Å². The summed E-state index contributed by atoms with van der Waals surface area (Å²) in [5.41, 5.74) is 5.90. The van der Waals surface area contributed by atoms with Crippen molar-refractivity contribution in [1.82, 2.24) is 0 Å². The standard InChI is InChI=1S/C7H6ClF2NS/c8-7(9,10)12-6-3-1-5(11)2-4-6/h1-4H,11H2. The highest BCUT2D eigenvalue weighted by Crippen LogP contribution is 2.38. The zero-order valence-corrected chi connectivity index (χ0v) is 7.50. The minimum absolute atomic E-state index is 0.286. The van der Waals surface area contributed by atoms with Gasteiger partial charge in [0.05, 0.1) is 0 Å². The van der Waals surface area contributed by atoms with Gasteiger partial charge in [-0.3, -0.25) is 0 Å². The summed E-state index contributed by atoms with van der Waals surface area (Å²) in [5.74, 6) is 0. The van der Waals surface area contributed by atoms with Crippen LogP contribution in [-0.2, 0) is 0 Å². The molecule has 0 saturated heterocycles. The van der Waals surface area contributed by atoms with E-state index in [2.05, 4.69) is 0 Å². The van der Waals surface area contributed by atoms with Crippen molar-refractivity contribution in [2.45, 2.75) is 9.61 Å². The first-order valence-corrected chi connectivity index (χ1v) is 4.28. The van der Waals surface area contributed by atoms with Crippen molar-refractivity contribution in [2.75, 3.05) is 5.73 Å². The van der Waals surface area contributed by atoms with Crippen molar-refractivity contribution in [3.8, 4) is 0 Å². The molecule has 1 nitrogen and oxygen atoms in total. The predicted octanol–water partition coefficient (Wildman–Crippen LogP) is 3.15. The molecular formula is C7H6ClF2NS. The number of benzene rings is 1. The minimum Gasteiger partial charge on any atom is -0.399 e. The summed E-state index contributed by atoms with van der Waals surface area (Å²) in [7, 11) is 0. The highest BCUT2D eigenvalue weighted by atomic mass is 35.5. The second-order valence-corrected chi connectivity index (χ2v) is 4.00. The van der Waals surface area contributed by atoms with Crippen LogP contribution in [0.2, 0.25) is 0 Å². The first-order valence-electron chi connectivity index (χ1n) is 3.09. The maximum atomic E-state index is 12.2. The average Bonchev–Trinajstić information content (AvgIpc) is 1.91. The SMILES string of the molecule is Nc1ccc(SC(F)(F)Cl)cc1. The molecule has 0 aromatic heterocycles. The van der Waals surface area contributed by atoms with Gasteiger partial charge in [-0.05, 0) is 47.6 Å². The Morgan fingerprint density at radius 1 is 1.25 bits per heavy atom. The number of rotatable bonds is 2. The summed E-state index contributed by atoms with van der Waals surface area (Å²) in [6.07, 6.45) is 0. The molecule has 0 fully saturated rings. The van der Waals surface area contributed by atoms with Gasteiger partial charge in [0.25, 0.3) is 0 Å². The zero-order valence-electron chi connectivity index (χ0n) is 5.93. The second kappa shape index (κ2) is 3.49. The lowest BCUT2D eigenvalue weighted by molar-refractivity contribution is 0.203. The summed E-state index contributed by atoms with van der Waals surface area (Å²) in [6, 6.07) is 6.09. The maximum absolute atomic E-state index is 12.2. The highest BCUT2D eigenvalue weighted by molar-refractivity contribution is 8.01. The molecule has 0 aliphatic rings. The summed E-state index contributed by atoms with van der Waals surface area (Å²) in [5, 5.41) is 0. The zero-order chi connectivity index (χ0) is 9.19. The van der Waals surface area contributed by atoms with Gasteiger partial charge in [-0.25, -0.2) is 0 Å². The molecule has 1 aromatic carbocycles. The van der Waals surface area contributed by atoms with E-state index in [0.717, 1.165) is 0 Å². The monoisotopic (exact) mass is 209 g/mol. The molecule has 0 aliphatic carbocycles. The van der Waals surface area contributed by atoms with Crippen LogP contribution in [0.1, 0.15) is 0 Å². The van der Waals surface area contributed by atoms with Gasteiger partial charge in [-0.1, -0.05) is 0 Å². The Balaban J connectivity index is 2.71. The number of alkyl halides is 3. The Kier molecular flexibility index (Phi) is 2.80. The first kappa shape index (κ1) is 9.61. The minimum atomic E-state index is -3.25. The molecule has 1 aromatic rings. The maximum Gasteiger partial charge on any atom is 0.375 e. The molecule has 0 unspecified atom stereocenters. The molecule has 0 heterocycles. The van der Waals surface area contributed by atoms with Gasteiger partial charge in [-0.15, -0.1) is 0 Å². The van der Waals surface area contributed by atoms with Crippen LogP contribution < -0.4 is 5.73 Å². The van der Waals surface area contributed by atoms with Crippen molar-refractivity contribution in [3.05, 3.63) is 24.3 Å². The molecule has 12 heavy (non-hydrogen) atoms. The molecule has 0 spiro atoms. The van der Waals surface area contributed by atoms with E-state index in [-0.39, 0.29) is 11.8 Å². The molecule has 0 aliphatic heterocycles. The van der Waals surface area contributed by atoms with Crippen molar-refractivity contribution < 1.29 is 8.78 Å². The quantitative estimate of drug-likeness (QED) is 0.460. The largest absolute Gasteiger partial charge is 0.399 e. The number of halogens is 3. The topological polar surface area (TPSA) is 26.0 Å². The van der Waals surface area contributed by atoms with E-state index >= 15 is 0 Å². The van der Waals surface area contributed by atoms with E-state index in [0.29, 0.717) is 10.6 Å². The first-order chi connectivity index (χ1) is 5.47. The van der Waals surface area contributed by atoms with Gasteiger partial charge in [0.1, 0.15) is 0 Å². The molecule has 66 valence electrons. The molecule has 2 N–H and O–H groups in total. The van der Waals surface area contributed by atoms with Gasteiger partial charge in [0.15, 0.2) is 0 Å². The van der Waals surface area contributed by atoms with Crippen LogP contribution in [-0.4, -0.2) is 4.71 Å². The van der Waals surface area contributed by atoms with Gasteiger partial charge in [-0.2, -0.15) is 8.78 Å². The smallest absolute Gasteiger partial charge is 0.375 e. The normalized spacial score (nSPS) is 11.6. The van der Waals surface area contributed by atoms with E-state index in [1.165, 1.54) is 12.1 Å². The molecular weight excluding hydrogens is 204 g/mol. The Morgan fingerprint density at radius 2 is 1.75 bits per heavy atom. The summed E-state index contributed by atoms with van der Waals surface area (Å²) >= 11 is 4.99. The van der Waals surface area contributed by atoms with E-state index < -0.39 is 4.71 Å². The van der Waals surface area contributed by atoms with Crippen LogP contribution in [0.25, 0.3) is 0 Å². The fraction of sp³-hybridized carbons (Fsp3) is 0.143. The Labute approximate surface area is 77.9 Å². The number of anilines is 1. The molecule has 1 rings (SSSR count). The molecule has 0 bridgehead atoms. The van der Waals surface area contributed by atoms with Gasteiger partial charge < -0.3 is 5.73 Å². The molecule has 0 radical (unpaired) electrons. The van der Waals surface area contributed by atoms with E-state index in [9.17, 15) is 8.78 Å². The lowest BCUT2D eigenvalue weighted by Gasteiger charge is -2.06. The number of nitrogens with two attached hydrogens (primary N) is 1. The van der Waals surface area contributed by atoms with Crippen LogP contribution in [0.4, 0.5) is 14.5 Å². The van der Waals surface area contributed by atoms with Crippen LogP contribution in [0, 0.1) is 0 Å². The number of hydrogen-bond acceptors (Lipinski definition) is 2. The van der Waals surface area contributed by atoms with Crippen LogP contribution in [0.15, 0.2) is 29.2 Å². The Bertz CT molecular complexity index is 257. The van der Waals surface area contributed by atoms with Crippen molar-refractivity contribution >= 4 is 29.1 Å². The average molecular weight is 210 g/mol. The summed E-state index contributed by atoms with van der Waals surface area (Å²) < 4.78 is 21.2. The van der Waals surface area contributed by atoms with Crippen LogP contribution in [0.3, 0.4) is 0 Å². The third kappa shape index (κ3) is 3.28. The van der Waals surface area contributed by atoms with Crippen molar-refractivity contribution in [1.29, 1.82) is 0 Å². The number of hydrogen-bond donors (Lipinski definition) is 1.